The Bertz CT molecular complexity index is 318. The summed E-state index contributed by atoms with van der Waals surface area (Å²) in [6.07, 6.45) is 2.72. The van der Waals surface area contributed by atoms with Gasteiger partial charge in [-0.25, -0.2) is 0 Å². The number of hydrogen-bond donors (Lipinski definition) is 0. The Kier molecular flexibility index (Phi) is 3.66. The van der Waals surface area contributed by atoms with E-state index in [1.807, 2.05) is 0 Å². The van der Waals surface area contributed by atoms with Crippen molar-refractivity contribution in [1.82, 2.24) is 4.90 Å². The predicted molar refractivity (Wildman–Crippen MR) is 60.3 cm³/mol. The first-order valence-corrected chi connectivity index (χ1v) is 6.16. The molecule has 0 spiro atoms. The molecule has 2 aliphatic rings. The molecule has 0 aliphatic carbocycles. The summed E-state index contributed by atoms with van der Waals surface area (Å²) in [5.74, 6) is -0.619. The van der Waals surface area contributed by atoms with Gasteiger partial charge >= 0.3 is 11.9 Å². The van der Waals surface area contributed by atoms with Crippen LogP contribution in [-0.4, -0.2) is 48.2 Å². The first-order valence-electron chi connectivity index (χ1n) is 6.16. The van der Waals surface area contributed by atoms with Gasteiger partial charge in [0.05, 0.1) is 6.04 Å². The van der Waals surface area contributed by atoms with Crippen LogP contribution in [0, 0.1) is 0 Å². The summed E-state index contributed by atoms with van der Waals surface area (Å²) in [5, 5.41) is 0. The van der Waals surface area contributed by atoms with E-state index in [1.165, 1.54) is 13.8 Å². The first-order chi connectivity index (χ1) is 8.08. The zero-order valence-corrected chi connectivity index (χ0v) is 10.3. The number of hydrogen-bond acceptors (Lipinski definition) is 5. The zero-order chi connectivity index (χ0) is 12.4. The van der Waals surface area contributed by atoms with Gasteiger partial charge in [-0.15, -0.1) is 0 Å². The molecule has 0 aromatic rings. The van der Waals surface area contributed by atoms with Crippen molar-refractivity contribution in [3.63, 3.8) is 0 Å². The van der Waals surface area contributed by atoms with Gasteiger partial charge in [0.25, 0.3) is 0 Å². The van der Waals surface area contributed by atoms with Crippen LogP contribution in [0.15, 0.2) is 0 Å². The molecule has 0 saturated carbocycles. The number of carbonyl (C=O) groups is 2. The quantitative estimate of drug-likeness (QED) is 0.667. The maximum absolute atomic E-state index is 11.1. The molecule has 2 rings (SSSR count). The number of rotatable bonds is 2. The lowest BCUT2D eigenvalue weighted by atomic mass is 10.00. The second-order valence-corrected chi connectivity index (χ2v) is 4.78. The average Bonchev–Trinajstić information content (AvgIpc) is 2.55. The number of nitrogens with zero attached hydrogens (tertiary/aromatic N) is 1. The molecule has 0 radical (unpaired) electrons. The highest BCUT2D eigenvalue weighted by Gasteiger charge is 2.46. The Hall–Kier alpha value is -1.10. The molecule has 2 heterocycles. The van der Waals surface area contributed by atoms with E-state index in [0.29, 0.717) is 6.54 Å². The maximum atomic E-state index is 11.1. The van der Waals surface area contributed by atoms with Gasteiger partial charge in [0, 0.05) is 20.4 Å². The second-order valence-electron chi connectivity index (χ2n) is 4.78. The van der Waals surface area contributed by atoms with Crippen LogP contribution in [0.25, 0.3) is 0 Å². The minimum atomic E-state index is -0.313. The van der Waals surface area contributed by atoms with Crippen molar-refractivity contribution in [3.8, 4) is 0 Å². The molecule has 0 aromatic carbocycles. The topological polar surface area (TPSA) is 55.8 Å². The third-order valence-electron chi connectivity index (χ3n) is 3.44. The molecular weight excluding hydrogens is 222 g/mol. The summed E-state index contributed by atoms with van der Waals surface area (Å²) in [6, 6.07) is 0.219. The summed E-state index contributed by atoms with van der Waals surface area (Å²) in [5.41, 5.74) is 0. The molecule has 5 heteroatoms. The Labute approximate surface area is 101 Å². The van der Waals surface area contributed by atoms with Gasteiger partial charge in [-0.1, -0.05) is 6.42 Å². The van der Waals surface area contributed by atoms with Crippen LogP contribution in [0.3, 0.4) is 0 Å². The number of piperidine rings is 1. The van der Waals surface area contributed by atoms with E-state index in [1.54, 1.807) is 0 Å². The van der Waals surface area contributed by atoms with Gasteiger partial charge in [-0.05, 0) is 19.4 Å². The lowest BCUT2D eigenvalue weighted by Crippen LogP contribution is -2.41. The Morgan fingerprint density at radius 1 is 1.12 bits per heavy atom. The van der Waals surface area contributed by atoms with Crippen LogP contribution in [0.2, 0.25) is 0 Å². The maximum Gasteiger partial charge on any atom is 0.303 e. The summed E-state index contributed by atoms with van der Waals surface area (Å²) in [4.78, 5) is 24.4. The van der Waals surface area contributed by atoms with E-state index in [9.17, 15) is 9.59 Å². The van der Waals surface area contributed by atoms with E-state index in [0.717, 1.165) is 25.8 Å². The molecule has 5 nitrogen and oxygen atoms in total. The largest absolute Gasteiger partial charge is 0.457 e. The van der Waals surface area contributed by atoms with Gasteiger partial charge in [0.1, 0.15) is 0 Å². The molecule has 0 bridgehead atoms. The third-order valence-corrected chi connectivity index (χ3v) is 3.44. The van der Waals surface area contributed by atoms with Crippen LogP contribution in [0.4, 0.5) is 0 Å². The van der Waals surface area contributed by atoms with Crippen molar-refractivity contribution in [3.05, 3.63) is 0 Å². The molecule has 0 unspecified atom stereocenters. The van der Waals surface area contributed by atoms with Gasteiger partial charge in [0.2, 0.25) is 0 Å². The van der Waals surface area contributed by atoms with Gasteiger partial charge in [-0.3, -0.25) is 14.5 Å². The minimum Gasteiger partial charge on any atom is -0.457 e. The van der Waals surface area contributed by atoms with Crippen molar-refractivity contribution in [1.29, 1.82) is 0 Å². The fourth-order valence-corrected chi connectivity index (χ4v) is 2.86. The highest BCUT2D eigenvalue weighted by molar-refractivity contribution is 5.67. The zero-order valence-electron chi connectivity index (χ0n) is 10.3. The lowest BCUT2D eigenvalue weighted by molar-refractivity contribution is -0.162. The van der Waals surface area contributed by atoms with Gasteiger partial charge in [-0.2, -0.15) is 0 Å². The molecule has 0 amide bonds. The third kappa shape index (κ3) is 2.77. The average molecular weight is 241 g/mol. The highest BCUT2D eigenvalue weighted by atomic mass is 16.6. The second kappa shape index (κ2) is 5.04. The Morgan fingerprint density at radius 3 is 2.47 bits per heavy atom. The predicted octanol–water partition coefficient (Wildman–Crippen LogP) is 0.718. The standard InChI is InChI=1S/C12H19NO4/c1-8(14)16-11-7-13-6-4-3-5-10(13)12(11)17-9(2)15/h10-12H,3-7H2,1-2H3/t10-,11+,12-/m0/s1. The van der Waals surface area contributed by atoms with Crippen LogP contribution in [-0.2, 0) is 19.1 Å². The summed E-state index contributed by atoms with van der Waals surface area (Å²) >= 11 is 0. The van der Waals surface area contributed by atoms with E-state index in [-0.39, 0.29) is 30.2 Å². The lowest BCUT2D eigenvalue weighted by Gasteiger charge is -2.31. The molecule has 0 aromatic heterocycles. The van der Waals surface area contributed by atoms with Crippen LogP contribution >= 0.6 is 0 Å². The monoisotopic (exact) mass is 241 g/mol. The summed E-state index contributed by atoms with van der Waals surface area (Å²) in [6.45, 7) is 4.47. The Morgan fingerprint density at radius 2 is 1.82 bits per heavy atom. The smallest absolute Gasteiger partial charge is 0.303 e. The number of esters is 2. The van der Waals surface area contributed by atoms with Crippen molar-refractivity contribution < 1.29 is 19.1 Å². The van der Waals surface area contributed by atoms with E-state index < -0.39 is 0 Å². The van der Waals surface area contributed by atoms with Crippen molar-refractivity contribution in [2.24, 2.45) is 0 Å². The minimum absolute atomic E-state index is 0.219. The van der Waals surface area contributed by atoms with E-state index in [2.05, 4.69) is 4.90 Å². The first kappa shape index (κ1) is 12.4. The molecular formula is C12H19NO4. The summed E-state index contributed by atoms with van der Waals surface area (Å²) in [7, 11) is 0. The van der Waals surface area contributed by atoms with E-state index in [4.69, 9.17) is 9.47 Å². The fraction of sp³-hybridized carbons (Fsp3) is 0.833. The molecule has 2 fully saturated rings. The molecule has 2 saturated heterocycles. The summed E-state index contributed by atoms with van der Waals surface area (Å²) < 4.78 is 10.6. The van der Waals surface area contributed by atoms with Crippen molar-refractivity contribution in [2.75, 3.05) is 13.1 Å². The number of ether oxygens (including phenoxy) is 2. The fourth-order valence-electron chi connectivity index (χ4n) is 2.86. The number of carbonyl (C=O) groups excluding carboxylic acids is 2. The number of fused-ring (bicyclic) bond motifs is 1. The van der Waals surface area contributed by atoms with Crippen LogP contribution < -0.4 is 0 Å². The molecule has 96 valence electrons. The van der Waals surface area contributed by atoms with E-state index >= 15 is 0 Å². The van der Waals surface area contributed by atoms with Gasteiger partial charge in [0.15, 0.2) is 12.2 Å². The molecule has 0 N–H and O–H groups in total. The Balaban J connectivity index is 2.08. The molecule has 2 aliphatic heterocycles. The highest BCUT2D eigenvalue weighted by Crippen LogP contribution is 2.31. The van der Waals surface area contributed by atoms with Crippen molar-refractivity contribution >= 4 is 11.9 Å². The van der Waals surface area contributed by atoms with Crippen LogP contribution in [0.1, 0.15) is 33.1 Å². The van der Waals surface area contributed by atoms with Crippen LogP contribution in [0.5, 0.6) is 0 Å². The normalized spacial score (nSPS) is 32.9. The van der Waals surface area contributed by atoms with Crippen molar-refractivity contribution in [2.45, 2.75) is 51.4 Å². The SMILES string of the molecule is CC(=O)O[C@@H]1[C@H](OC(C)=O)CN2CCCC[C@@H]12. The molecule has 3 atom stereocenters. The molecule has 17 heavy (non-hydrogen) atoms. The van der Waals surface area contributed by atoms with Gasteiger partial charge < -0.3 is 9.47 Å².